The minimum absolute atomic E-state index is 0.103. The summed E-state index contributed by atoms with van der Waals surface area (Å²) >= 11 is 6.78. The molecule has 0 aliphatic carbocycles. The normalized spacial score (nSPS) is 9.69. The number of methoxy groups -OCH3 is 1. The van der Waals surface area contributed by atoms with Crippen LogP contribution in [0.4, 0.5) is 0 Å². The maximum Gasteiger partial charge on any atom is 0.261 e. The van der Waals surface area contributed by atoms with E-state index in [1.165, 1.54) is 11.3 Å². The van der Waals surface area contributed by atoms with E-state index < -0.39 is 0 Å². The number of carbonyl (C=O) groups is 1. The van der Waals surface area contributed by atoms with Crippen LogP contribution in [0.3, 0.4) is 0 Å². The highest BCUT2D eigenvalue weighted by molar-refractivity contribution is 7.12. The van der Waals surface area contributed by atoms with E-state index in [0.29, 0.717) is 23.1 Å². The van der Waals surface area contributed by atoms with E-state index in [4.69, 9.17) is 16.3 Å². The molecule has 5 heteroatoms. The Labute approximate surface area is 85.7 Å². The van der Waals surface area contributed by atoms with Crippen LogP contribution in [0.5, 0.6) is 5.75 Å². The predicted molar refractivity (Wildman–Crippen MR) is 53.9 cm³/mol. The third-order valence-corrected chi connectivity index (χ3v) is 2.51. The lowest BCUT2D eigenvalue weighted by molar-refractivity contribution is 0.0960. The zero-order valence-electron chi connectivity index (χ0n) is 7.17. The lowest BCUT2D eigenvalue weighted by Gasteiger charge is -1.98. The molecular weight excluding hydrogens is 210 g/mol. The number of hydrogen-bond donors (Lipinski definition) is 1. The van der Waals surface area contributed by atoms with Crippen molar-refractivity contribution in [2.75, 3.05) is 19.5 Å². The summed E-state index contributed by atoms with van der Waals surface area (Å²) in [7, 11) is 1.57. The average molecular weight is 220 g/mol. The van der Waals surface area contributed by atoms with Gasteiger partial charge < -0.3 is 10.1 Å². The van der Waals surface area contributed by atoms with Crippen molar-refractivity contribution in [3.05, 3.63) is 16.3 Å². The minimum atomic E-state index is -0.103. The number of nitrogens with one attached hydrogen (secondary N) is 1. The van der Waals surface area contributed by atoms with Crippen molar-refractivity contribution < 1.29 is 9.53 Å². The van der Waals surface area contributed by atoms with Crippen molar-refractivity contribution in [3.8, 4) is 5.75 Å². The second kappa shape index (κ2) is 5.09. The van der Waals surface area contributed by atoms with E-state index >= 15 is 0 Å². The fourth-order valence-corrected chi connectivity index (χ4v) is 1.66. The van der Waals surface area contributed by atoms with Crippen LogP contribution in [0.25, 0.3) is 0 Å². The molecule has 0 aliphatic rings. The Hall–Kier alpha value is -0.740. The zero-order valence-corrected chi connectivity index (χ0v) is 8.74. The zero-order chi connectivity index (χ0) is 9.68. The number of thiophene rings is 1. The Morgan fingerprint density at radius 2 is 2.54 bits per heavy atom. The molecule has 0 bridgehead atoms. The molecule has 13 heavy (non-hydrogen) atoms. The average Bonchev–Trinajstić information content (AvgIpc) is 2.62. The van der Waals surface area contributed by atoms with Crippen molar-refractivity contribution in [2.24, 2.45) is 0 Å². The molecule has 1 rings (SSSR count). The van der Waals surface area contributed by atoms with Crippen LogP contribution in [0, 0.1) is 0 Å². The minimum Gasteiger partial charge on any atom is -0.496 e. The number of hydrogen-bond acceptors (Lipinski definition) is 3. The number of rotatable bonds is 4. The third kappa shape index (κ3) is 2.90. The van der Waals surface area contributed by atoms with E-state index in [0.717, 1.165) is 0 Å². The summed E-state index contributed by atoms with van der Waals surface area (Å²) in [5, 5.41) is 4.46. The highest BCUT2D eigenvalue weighted by atomic mass is 35.5. The quantitative estimate of drug-likeness (QED) is 0.784. The topological polar surface area (TPSA) is 38.3 Å². The van der Waals surface area contributed by atoms with E-state index in [1.54, 1.807) is 18.6 Å². The number of amides is 1. The molecule has 0 saturated heterocycles. The molecule has 0 fully saturated rings. The number of alkyl halides is 1. The van der Waals surface area contributed by atoms with Crippen molar-refractivity contribution in [2.45, 2.75) is 0 Å². The molecule has 0 radical (unpaired) electrons. The third-order valence-electron chi connectivity index (χ3n) is 1.41. The Kier molecular flexibility index (Phi) is 4.05. The largest absolute Gasteiger partial charge is 0.496 e. The maximum atomic E-state index is 11.3. The van der Waals surface area contributed by atoms with Crippen LogP contribution >= 0.6 is 22.9 Å². The van der Waals surface area contributed by atoms with Crippen molar-refractivity contribution >= 4 is 28.8 Å². The monoisotopic (exact) mass is 219 g/mol. The summed E-state index contributed by atoms with van der Waals surface area (Å²) in [4.78, 5) is 12.0. The Morgan fingerprint density at radius 3 is 3.08 bits per heavy atom. The van der Waals surface area contributed by atoms with Crippen LogP contribution in [0.1, 0.15) is 9.67 Å². The summed E-state index contributed by atoms with van der Waals surface area (Å²) < 4.78 is 4.95. The maximum absolute atomic E-state index is 11.3. The van der Waals surface area contributed by atoms with Crippen molar-refractivity contribution in [1.82, 2.24) is 5.32 Å². The van der Waals surface area contributed by atoms with Gasteiger partial charge in [0.15, 0.2) is 0 Å². The van der Waals surface area contributed by atoms with E-state index in [9.17, 15) is 4.79 Å². The molecule has 1 heterocycles. The molecule has 1 amide bonds. The van der Waals surface area contributed by atoms with E-state index in [2.05, 4.69) is 5.32 Å². The fourth-order valence-electron chi connectivity index (χ4n) is 0.793. The highest BCUT2D eigenvalue weighted by Gasteiger charge is 2.07. The fraction of sp³-hybridized carbons (Fsp3) is 0.375. The summed E-state index contributed by atoms with van der Waals surface area (Å²) in [6, 6.07) is 1.70. The van der Waals surface area contributed by atoms with Gasteiger partial charge in [0.1, 0.15) is 5.75 Å². The molecule has 1 N–H and O–H groups in total. The van der Waals surface area contributed by atoms with Gasteiger partial charge in [-0.1, -0.05) is 0 Å². The van der Waals surface area contributed by atoms with Crippen LogP contribution in [-0.4, -0.2) is 25.4 Å². The van der Waals surface area contributed by atoms with Crippen molar-refractivity contribution in [3.63, 3.8) is 0 Å². The molecule has 72 valence electrons. The van der Waals surface area contributed by atoms with Crippen LogP contribution in [-0.2, 0) is 0 Å². The number of carbonyl (C=O) groups excluding carboxylic acids is 1. The summed E-state index contributed by atoms with van der Waals surface area (Å²) in [5.41, 5.74) is 0. The lowest BCUT2D eigenvalue weighted by Crippen LogP contribution is -2.24. The molecule has 0 unspecified atom stereocenters. The van der Waals surface area contributed by atoms with Crippen LogP contribution in [0.15, 0.2) is 11.4 Å². The van der Waals surface area contributed by atoms with Gasteiger partial charge in [0.25, 0.3) is 5.91 Å². The van der Waals surface area contributed by atoms with Gasteiger partial charge in [0.05, 0.1) is 12.0 Å². The Balaban J connectivity index is 2.55. The summed E-state index contributed by atoms with van der Waals surface area (Å²) in [5.74, 6) is 1.03. The van der Waals surface area contributed by atoms with Gasteiger partial charge in [0, 0.05) is 23.9 Å². The first-order chi connectivity index (χ1) is 6.27. The molecule has 1 aromatic heterocycles. The number of halogens is 1. The molecule has 0 spiro atoms. The molecule has 0 aromatic carbocycles. The van der Waals surface area contributed by atoms with Gasteiger partial charge in [0.2, 0.25) is 0 Å². The first-order valence-corrected chi connectivity index (χ1v) is 5.16. The first kappa shape index (κ1) is 10.3. The van der Waals surface area contributed by atoms with Gasteiger partial charge in [-0.2, -0.15) is 0 Å². The van der Waals surface area contributed by atoms with Crippen LogP contribution < -0.4 is 10.1 Å². The summed E-state index contributed by atoms with van der Waals surface area (Å²) in [6.07, 6.45) is 0. The van der Waals surface area contributed by atoms with Gasteiger partial charge in [-0.05, 0) is 0 Å². The standard InChI is InChI=1S/C8H10ClNO2S/c1-12-6-4-7(13-5-6)8(11)10-3-2-9/h4-5H,2-3H2,1H3,(H,10,11). The Morgan fingerprint density at radius 1 is 1.77 bits per heavy atom. The smallest absolute Gasteiger partial charge is 0.261 e. The second-order valence-electron chi connectivity index (χ2n) is 2.30. The molecule has 3 nitrogen and oxygen atoms in total. The second-order valence-corrected chi connectivity index (χ2v) is 3.58. The van der Waals surface area contributed by atoms with E-state index in [1.807, 2.05) is 0 Å². The highest BCUT2D eigenvalue weighted by Crippen LogP contribution is 2.20. The molecule has 1 aromatic rings. The molecule has 0 atom stereocenters. The van der Waals surface area contributed by atoms with Gasteiger partial charge in [-0.3, -0.25) is 4.79 Å². The Bertz CT molecular complexity index is 287. The number of ether oxygens (including phenoxy) is 1. The SMILES string of the molecule is COc1csc(C(=O)NCCCl)c1. The lowest BCUT2D eigenvalue weighted by atomic mass is 10.4. The summed E-state index contributed by atoms with van der Waals surface area (Å²) in [6.45, 7) is 0.487. The van der Waals surface area contributed by atoms with Gasteiger partial charge in [-0.15, -0.1) is 22.9 Å². The van der Waals surface area contributed by atoms with Gasteiger partial charge >= 0.3 is 0 Å². The predicted octanol–water partition coefficient (Wildman–Crippen LogP) is 1.73. The van der Waals surface area contributed by atoms with Crippen molar-refractivity contribution in [1.29, 1.82) is 0 Å². The molecular formula is C8H10ClNO2S. The molecule has 0 saturated carbocycles. The first-order valence-electron chi connectivity index (χ1n) is 3.74. The van der Waals surface area contributed by atoms with E-state index in [-0.39, 0.29) is 5.91 Å². The van der Waals surface area contributed by atoms with Gasteiger partial charge in [-0.25, -0.2) is 0 Å². The molecule has 0 aliphatic heterocycles. The van der Waals surface area contributed by atoms with Crippen LogP contribution in [0.2, 0.25) is 0 Å².